The van der Waals surface area contributed by atoms with Gasteiger partial charge in [-0.05, 0) is 48.9 Å². The van der Waals surface area contributed by atoms with E-state index in [1.807, 2.05) is 85.8 Å². The van der Waals surface area contributed by atoms with Crippen molar-refractivity contribution in [3.63, 3.8) is 0 Å². The number of nitrogens with one attached hydrogen (secondary N) is 1. The summed E-state index contributed by atoms with van der Waals surface area (Å²) in [5.74, 6) is 1.53. The van der Waals surface area contributed by atoms with Crippen LogP contribution in [-0.2, 0) is 6.54 Å². The van der Waals surface area contributed by atoms with E-state index in [4.69, 9.17) is 14.5 Å². The summed E-state index contributed by atoms with van der Waals surface area (Å²) >= 11 is 0. The first-order valence-electron chi connectivity index (χ1n) is 10.3. The van der Waals surface area contributed by atoms with Crippen LogP contribution in [0.3, 0.4) is 0 Å². The Bertz CT molecular complexity index is 1270. The zero-order valence-corrected chi connectivity index (χ0v) is 18.3. The van der Waals surface area contributed by atoms with Crippen molar-refractivity contribution in [3.05, 3.63) is 100 Å². The summed E-state index contributed by atoms with van der Waals surface area (Å²) in [5.41, 5.74) is 4.51. The van der Waals surface area contributed by atoms with Crippen LogP contribution in [0, 0.1) is 0 Å². The smallest absolute Gasteiger partial charge is 0.280 e. The van der Waals surface area contributed by atoms with Gasteiger partial charge in [0.25, 0.3) is 5.56 Å². The van der Waals surface area contributed by atoms with Crippen LogP contribution < -0.4 is 15.0 Å². The number of nitrogens with zero attached hydrogens (tertiary/aromatic N) is 2. The summed E-state index contributed by atoms with van der Waals surface area (Å²) in [7, 11) is 3.26. The second-order valence-corrected chi connectivity index (χ2v) is 7.32. The number of ether oxygens (including phenoxy) is 2. The van der Waals surface area contributed by atoms with Crippen molar-refractivity contribution in [2.24, 2.45) is 4.99 Å². The molecule has 0 fully saturated rings. The van der Waals surface area contributed by atoms with Crippen molar-refractivity contribution in [3.8, 4) is 28.4 Å². The summed E-state index contributed by atoms with van der Waals surface area (Å²) in [5, 5.41) is 3.28. The zero-order chi connectivity index (χ0) is 22.5. The van der Waals surface area contributed by atoms with Gasteiger partial charge >= 0.3 is 0 Å². The van der Waals surface area contributed by atoms with Gasteiger partial charge in [0, 0.05) is 11.3 Å². The quantitative estimate of drug-likeness (QED) is 0.428. The molecule has 0 saturated carbocycles. The molecule has 4 aromatic rings. The maximum absolute atomic E-state index is 13.5. The summed E-state index contributed by atoms with van der Waals surface area (Å²) < 4.78 is 12.0. The Morgan fingerprint density at radius 3 is 2.06 bits per heavy atom. The number of benzene rings is 3. The molecule has 6 nitrogen and oxygen atoms in total. The third kappa shape index (κ3) is 4.34. The van der Waals surface area contributed by atoms with Crippen LogP contribution in [0.4, 0.5) is 0 Å². The number of aliphatic imine (C=N–C) groups is 1. The van der Waals surface area contributed by atoms with E-state index in [1.54, 1.807) is 18.9 Å². The Labute approximate surface area is 186 Å². The van der Waals surface area contributed by atoms with E-state index in [0.717, 1.165) is 34.0 Å². The minimum Gasteiger partial charge on any atom is -0.497 e. The Morgan fingerprint density at radius 1 is 0.875 bits per heavy atom. The molecule has 0 bridgehead atoms. The van der Waals surface area contributed by atoms with Crippen LogP contribution >= 0.6 is 0 Å². The molecule has 1 heterocycles. The van der Waals surface area contributed by atoms with Gasteiger partial charge in [-0.2, -0.15) is 0 Å². The predicted molar refractivity (Wildman–Crippen MR) is 127 cm³/mol. The van der Waals surface area contributed by atoms with E-state index in [-0.39, 0.29) is 5.56 Å². The Kier molecular flexibility index (Phi) is 6.22. The number of hydrogen-bond donors (Lipinski definition) is 1. The molecule has 6 heteroatoms. The number of aromatic amines is 1. The van der Waals surface area contributed by atoms with Gasteiger partial charge in [0.2, 0.25) is 0 Å². The van der Waals surface area contributed by atoms with Gasteiger partial charge in [-0.25, -0.2) is 4.68 Å². The first-order valence-corrected chi connectivity index (χ1v) is 10.3. The summed E-state index contributed by atoms with van der Waals surface area (Å²) in [6, 6.07) is 24.9. The highest BCUT2D eigenvalue weighted by molar-refractivity contribution is 6.03. The van der Waals surface area contributed by atoms with E-state index < -0.39 is 0 Å². The van der Waals surface area contributed by atoms with Gasteiger partial charge < -0.3 is 9.47 Å². The van der Waals surface area contributed by atoms with Crippen LogP contribution in [0.1, 0.15) is 18.1 Å². The molecule has 0 spiro atoms. The second-order valence-electron chi connectivity index (χ2n) is 7.32. The van der Waals surface area contributed by atoms with E-state index >= 15 is 0 Å². The largest absolute Gasteiger partial charge is 0.497 e. The molecule has 0 aliphatic carbocycles. The molecular weight excluding hydrogens is 402 g/mol. The summed E-state index contributed by atoms with van der Waals surface area (Å²) in [4.78, 5) is 18.2. The fraction of sp³-hybridized carbons (Fsp3) is 0.154. The van der Waals surface area contributed by atoms with Gasteiger partial charge in [0.1, 0.15) is 11.5 Å². The molecule has 0 aliphatic heterocycles. The van der Waals surface area contributed by atoms with Crippen molar-refractivity contribution < 1.29 is 9.47 Å². The molecule has 1 aromatic heterocycles. The lowest BCUT2D eigenvalue weighted by Gasteiger charge is -2.04. The Balaban J connectivity index is 1.76. The maximum Gasteiger partial charge on any atom is 0.280 e. The first-order chi connectivity index (χ1) is 15.6. The fourth-order valence-electron chi connectivity index (χ4n) is 3.52. The van der Waals surface area contributed by atoms with Crippen LogP contribution in [0.5, 0.6) is 11.5 Å². The Hall–Kier alpha value is -4.06. The lowest BCUT2D eigenvalue weighted by Crippen LogP contribution is -2.19. The number of rotatable bonds is 7. The van der Waals surface area contributed by atoms with Gasteiger partial charge in [0.15, 0.2) is 0 Å². The molecule has 3 aromatic carbocycles. The van der Waals surface area contributed by atoms with E-state index in [9.17, 15) is 4.79 Å². The molecule has 0 radical (unpaired) electrons. The predicted octanol–water partition coefficient (Wildman–Crippen LogP) is 4.86. The highest BCUT2D eigenvalue weighted by Gasteiger charge is 2.19. The van der Waals surface area contributed by atoms with Crippen molar-refractivity contribution in [2.45, 2.75) is 13.5 Å². The molecular formula is C26H25N3O3. The maximum atomic E-state index is 13.5. The van der Waals surface area contributed by atoms with Crippen LogP contribution in [0.2, 0.25) is 0 Å². The zero-order valence-electron chi connectivity index (χ0n) is 18.3. The third-order valence-corrected chi connectivity index (χ3v) is 5.30. The molecule has 0 saturated heterocycles. The van der Waals surface area contributed by atoms with E-state index in [0.29, 0.717) is 17.8 Å². The summed E-state index contributed by atoms with van der Waals surface area (Å²) in [6.07, 6.45) is 0. The second kappa shape index (κ2) is 9.39. The average Bonchev–Trinajstić information content (AvgIpc) is 3.20. The van der Waals surface area contributed by atoms with Gasteiger partial charge in [-0.1, -0.05) is 42.5 Å². The monoisotopic (exact) mass is 427 g/mol. The third-order valence-electron chi connectivity index (χ3n) is 5.30. The van der Waals surface area contributed by atoms with Crippen molar-refractivity contribution in [1.29, 1.82) is 0 Å². The first kappa shape index (κ1) is 21.2. The normalized spacial score (nSPS) is 11.4. The molecule has 32 heavy (non-hydrogen) atoms. The van der Waals surface area contributed by atoms with Crippen molar-refractivity contribution >= 4 is 5.71 Å². The van der Waals surface area contributed by atoms with E-state index in [2.05, 4.69) is 5.10 Å². The highest BCUT2D eigenvalue weighted by atomic mass is 16.5. The fourth-order valence-corrected chi connectivity index (χ4v) is 3.52. The minimum absolute atomic E-state index is 0.148. The van der Waals surface area contributed by atoms with Crippen LogP contribution in [0.25, 0.3) is 16.9 Å². The molecule has 0 amide bonds. The van der Waals surface area contributed by atoms with E-state index in [1.165, 1.54) is 0 Å². The average molecular weight is 428 g/mol. The Morgan fingerprint density at radius 2 is 1.47 bits per heavy atom. The number of aromatic nitrogens is 2. The number of hydrogen-bond acceptors (Lipinski definition) is 4. The van der Waals surface area contributed by atoms with Crippen molar-refractivity contribution in [2.75, 3.05) is 14.2 Å². The number of methoxy groups -OCH3 is 2. The van der Waals surface area contributed by atoms with Crippen molar-refractivity contribution in [1.82, 2.24) is 9.78 Å². The van der Waals surface area contributed by atoms with Gasteiger partial charge in [-0.3, -0.25) is 14.9 Å². The number of H-pyrrole nitrogens is 1. The highest BCUT2D eigenvalue weighted by Crippen LogP contribution is 2.22. The minimum atomic E-state index is -0.148. The standard InChI is InChI=1S/C26H25N3O3/c1-18(27-17-19-9-13-22(31-2)14-10-19)24-25(20-7-5-4-6-8-20)28-29(26(24)30)21-11-15-23(32-3)16-12-21/h4-16,28H,17H2,1-3H3. The lowest BCUT2D eigenvalue weighted by atomic mass is 10.1. The van der Waals surface area contributed by atoms with Crippen LogP contribution in [-0.4, -0.2) is 29.7 Å². The molecule has 0 unspecified atom stereocenters. The molecule has 4 rings (SSSR count). The molecule has 0 atom stereocenters. The topological polar surface area (TPSA) is 68.6 Å². The molecule has 0 aliphatic rings. The lowest BCUT2D eigenvalue weighted by molar-refractivity contribution is 0.414. The molecule has 162 valence electrons. The SMILES string of the molecule is COc1ccc(CN=C(C)c2c(-c3ccccc3)[nH]n(-c3ccc(OC)cc3)c2=O)cc1. The molecule has 1 N–H and O–H groups in total. The van der Waals surface area contributed by atoms with Crippen LogP contribution in [0.15, 0.2) is 88.6 Å². The van der Waals surface area contributed by atoms with Gasteiger partial charge in [-0.15, -0.1) is 0 Å². The van der Waals surface area contributed by atoms with Gasteiger partial charge in [0.05, 0.1) is 37.7 Å². The summed E-state index contributed by atoms with van der Waals surface area (Å²) in [6.45, 7) is 2.34.